The summed E-state index contributed by atoms with van der Waals surface area (Å²) in [5.41, 5.74) is 0.735. The van der Waals surface area contributed by atoms with E-state index in [2.05, 4.69) is 23.5 Å². The quantitative estimate of drug-likeness (QED) is 0.820. The van der Waals surface area contributed by atoms with Crippen LogP contribution >= 0.6 is 0 Å². The van der Waals surface area contributed by atoms with Crippen LogP contribution in [0, 0.1) is 0 Å². The van der Waals surface area contributed by atoms with Crippen molar-refractivity contribution >= 4 is 11.7 Å². The molecule has 0 spiro atoms. The predicted octanol–water partition coefficient (Wildman–Crippen LogP) is 4.07. The molecule has 1 aromatic heterocycles. The van der Waals surface area contributed by atoms with Crippen LogP contribution in [0.3, 0.4) is 0 Å². The van der Waals surface area contributed by atoms with E-state index in [0.717, 1.165) is 0 Å². The smallest absolute Gasteiger partial charge is 0.341 e. The van der Waals surface area contributed by atoms with Crippen LogP contribution in [0.2, 0.25) is 0 Å². The molecule has 6 nitrogen and oxygen atoms in total. The second-order valence-corrected chi connectivity index (χ2v) is 4.81. The van der Waals surface area contributed by atoms with Crippen molar-refractivity contribution in [3.8, 4) is 11.6 Å². The second kappa shape index (κ2) is 8.76. The molecule has 0 aromatic carbocycles. The van der Waals surface area contributed by atoms with Gasteiger partial charge in [0.15, 0.2) is 11.5 Å². The van der Waals surface area contributed by atoms with Crippen molar-refractivity contribution in [2.75, 3.05) is 12.4 Å². The van der Waals surface area contributed by atoms with E-state index in [-0.39, 0.29) is 17.5 Å². The number of rotatable bonds is 5. The molecule has 1 aromatic rings. The molecule has 0 bridgehead atoms. The maximum Gasteiger partial charge on any atom is 0.341 e. The van der Waals surface area contributed by atoms with Crippen LogP contribution in [0.15, 0.2) is 43.0 Å². The van der Waals surface area contributed by atoms with Crippen molar-refractivity contribution in [1.29, 1.82) is 0 Å². The lowest BCUT2D eigenvalue weighted by molar-refractivity contribution is 0.0601. The molecule has 0 saturated heterocycles. The summed E-state index contributed by atoms with van der Waals surface area (Å²) < 4.78 is 16.2. The maximum absolute atomic E-state index is 11.9. The summed E-state index contributed by atoms with van der Waals surface area (Å²) in [4.78, 5) is 16.0. The average molecular weight is 332 g/mol. The van der Waals surface area contributed by atoms with Gasteiger partial charge in [0, 0.05) is 12.2 Å². The number of allylic oxidation sites excluding steroid dienone is 2. The van der Waals surface area contributed by atoms with Gasteiger partial charge in [0.25, 0.3) is 5.88 Å². The summed E-state index contributed by atoms with van der Waals surface area (Å²) in [6.07, 6.45) is 4.40. The molecule has 0 atom stereocenters. The molecule has 130 valence electrons. The molecule has 24 heavy (non-hydrogen) atoms. The number of carbonyl (C=O) groups is 1. The number of pyridine rings is 1. The van der Waals surface area contributed by atoms with Crippen LogP contribution in [0.5, 0.6) is 11.6 Å². The zero-order chi connectivity index (χ0) is 18.3. The van der Waals surface area contributed by atoms with E-state index in [0.29, 0.717) is 23.0 Å². The van der Waals surface area contributed by atoms with E-state index in [9.17, 15) is 4.79 Å². The Labute approximate surface area is 142 Å². The number of aromatic nitrogens is 1. The highest BCUT2D eigenvalue weighted by Gasteiger charge is 2.28. The molecule has 0 saturated carbocycles. The fourth-order valence-electron chi connectivity index (χ4n) is 1.94. The van der Waals surface area contributed by atoms with E-state index in [4.69, 9.17) is 14.2 Å². The van der Waals surface area contributed by atoms with Gasteiger partial charge in [-0.15, -0.1) is 0 Å². The van der Waals surface area contributed by atoms with Gasteiger partial charge in [0.1, 0.15) is 5.56 Å². The minimum atomic E-state index is -0.513. The summed E-state index contributed by atoms with van der Waals surface area (Å²) in [7, 11) is 1.31. The van der Waals surface area contributed by atoms with Crippen LogP contribution < -0.4 is 14.8 Å². The number of anilines is 1. The van der Waals surface area contributed by atoms with Gasteiger partial charge in [-0.1, -0.05) is 27.0 Å². The lowest BCUT2D eigenvalue weighted by Crippen LogP contribution is -2.19. The predicted molar refractivity (Wildman–Crippen MR) is 94.4 cm³/mol. The van der Waals surface area contributed by atoms with Gasteiger partial charge in [0.05, 0.1) is 12.8 Å². The molecule has 2 rings (SSSR count). The van der Waals surface area contributed by atoms with Gasteiger partial charge in [-0.05, 0) is 26.0 Å². The number of nitrogens with one attached hydrogen (secondary N) is 1. The van der Waals surface area contributed by atoms with Crippen molar-refractivity contribution in [2.24, 2.45) is 0 Å². The van der Waals surface area contributed by atoms with Crippen molar-refractivity contribution in [3.05, 3.63) is 48.6 Å². The summed E-state index contributed by atoms with van der Waals surface area (Å²) in [5.74, 6) is 0.864. The number of nitrogens with zero attached hydrogens (tertiary/aromatic N) is 1. The van der Waals surface area contributed by atoms with E-state index >= 15 is 0 Å². The fourth-order valence-corrected chi connectivity index (χ4v) is 1.94. The fraction of sp³-hybridized carbons (Fsp3) is 0.333. The number of ether oxygens (including phenoxy) is 3. The monoisotopic (exact) mass is 332 g/mol. The highest BCUT2D eigenvalue weighted by Crippen LogP contribution is 2.42. The molecular weight excluding hydrogens is 308 g/mol. The lowest BCUT2D eigenvalue weighted by atomic mass is 10.2. The van der Waals surface area contributed by atoms with Crippen LogP contribution in [-0.4, -0.2) is 24.1 Å². The minimum absolute atomic E-state index is 0.0652. The normalized spacial score (nSPS) is 12.1. The Balaban J connectivity index is 0.00000139. The number of hydrogen-bond donors (Lipinski definition) is 1. The van der Waals surface area contributed by atoms with Crippen molar-refractivity contribution in [1.82, 2.24) is 4.98 Å². The van der Waals surface area contributed by atoms with Gasteiger partial charge < -0.3 is 19.5 Å². The molecule has 2 heterocycles. The van der Waals surface area contributed by atoms with Crippen LogP contribution in [0.25, 0.3) is 0 Å². The molecule has 0 radical (unpaired) electrons. The molecule has 0 unspecified atom stereocenters. The van der Waals surface area contributed by atoms with Crippen LogP contribution in [0.4, 0.5) is 5.69 Å². The van der Waals surface area contributed by atoms with Gasteiger partial charge in [-0.25, -0.2) is 9.78 Å². The molecule has 6 heteroatoms. The van der Waals surface area contributed by atoms with Gasteiger partial charge in [-0.2, -0.15) is 0 Å². The highest BCUT2D eigenvalue weighted by atomic mass is 16.6. The minimum Gasteiger partial charge on any atom is -0.465 e. The first-order valence-electron chi connectivity index (χ1n) is 7.74. The molecule has 0 fully saturated rings. The average Bonchev–Trinajstić information content (AvgIpc) is 2.61. The summed E-state index contributed by atoms with van der Waals surface area (Å²) in [6.45, 7) is 15.2. The Kier molecular flexibility index (Phi) is 7.04. The van der Waals surface area contributed by atoms with E-state index in [1.165, 1.54) is 25.5 Å². The number of carbonyl (C=O) groups excluding carboxylic acids is 1. The van der Waals surface area contributed by atoms with E-state index < -0.39 is 5.97 Å². The van der Waals surface area contributed by atoms with Crippen molar-refractivity contribution < 1.29 is 19.0 Å². The largest absolute Gasteiger partial charge is 0.465 e. The number of hydrogen-bond acceptors (Lipinski definition) is 6. The molecule has 1 aliphatic rings. The van der Waals surface area contributed by atoms with Crippen LogP contribution in [-0.2, 0) is 4.74 Å². The Hall–Kier alpha value is -2.76. The topological polar surface area (TPSA) is 69.7 Å². The Bertz CT molecular complexity index is 663. The molecule has 1 aliphatic heterocycles. The molecule has 1 N–H and O–H groups in total. The third-order valence-electron chi connectivity index (χ3n) is 2.87. The zero-order valence-electron chi connectivity index (χ0n) is 14.8. The molecule has 0 aliphatic carbocycles. The third kappa shape index (κ3) is 3.95. The summed E-state index contributed by atoms with van der Waals surface area (Å²) in [5, 5.41) is 3.17. The van der Waals surface area contributed by atoms with Crippen molar-refractivity contribution in [3.63, 3.8) is 0 Å². The summed E-state index contributed by atoms with van der Waals surface area (Å²) >= 11 is 0. The first kappa shape index (κ1) is 19.3. The highest BCUT2D eigenvalue weighted by molar-refractivity contribution is 5.97. The Morgan fingerprint density at radius 1 is 1.25 bits per heavy atom. The molecular formula is C18H24N2O4. The Morgan fingerprint density at radius 2 is 1.83 bits per heavy atom. The third-order valence-corrected chi connectivity index (χ3v) is 2.87. The second-order valence-electron chi connectivity index (χ2n) is 4.81. The number of methoxy groups -OCH3 is 1. The van der Waals surface area contributed by atoms with Gasteiger partial charge in [0.2, 0.25) is 5.75 Å². The van der Waals surface area contributed by atoms with Gasteiger partial charge >= 0.3 is 5.97 Å². The standard InChI is InChI=1S/C16H18N2O4.C2H6/c1-6-11-12(7-2)22-15-14(21-11)13(18-9(3)4)10(8-17-15)16(19)20-5;1-2/h6-9H,1-2H2,3-5H3,(H,17,18);1-2H3. The Morgan fingerprint density at radius 3 is 2.33 bits per heavy atom. The SMILES string of the molecule is C=CC1=C(C=C)Oc2c(ncc(C(=O)OC)c2NC(C)C)O1.CC. The number of fused-ring (bicyclic) bond motifs is 1. The zero-order valence-corrected chi connectivity index (χ0v) is 14.8. The lowest BCUT2D eigenvalue weighted by Gasteiger charge is -2.24. The molecule has 0 amide bonds. The number of esters is 1. The summed E-state index contributed by atoms with van der Waals surface area (Å²) in [6, 6.07) is 0.0652. The van der Waals surface area contributed by atoms with E-state index in [1.807, 2.05) is 27.7 Å². The maximum atomic E-state index is 11.9. The first-order valence-corrected chi connectivity index (χ1v) is 7.74. The van der Waals surface area contributed by atoms with E-state index in [1.54, 1.807) is 0 Å². The first-order chi connectivity index (χ1) is 11.5. The van der Waals surface area contributed by atoms with Crippen LogP contribution in [0.1, 0.15) is 38.1 Å². The van der Waals surface area contributed by atoms with Gasteiger partial charge in [-0.3, -0.25) is 0 Å². The van der Waals surface area contributed by atoms with Crippen molar-refractivity contribution in [2.45, 2.75) is 33.7 Å².